The van der Waals surface area contributed by atoms with Gasteiger partial charge >= 0.3 is 12.4 Å². The van der Waals surface area contributed by atoms with Crippen molar-refractivity contribution in [2.45, 2.75) is 24.9 Å². The second kappa shape index (κ2) is 9.38. The smallest absolute Gasteiger partial charge is 0.391 e. The van der Waals surface area contributed by atoms with Crippen LogP contribution in [0.5, 0.6) is 0 Å². The molecule has 0 bridgehead atoms. The first-order valence-electron chi connectivity index (χ1n) is 10.2. The summed E-state index contributed by atoms with van der Waals surface area (Å²) in [6.07, 6.45) is -9.45. The zero-order chi connectivity index (χ0) is 25.4. The van der Waals surface area contributed by atoms with Crippen LogP contribution in [-0.2, 0) is 12.4 Å². The topological polar surface area (TPSA) is 86.2 Å². The first-order valence-corrected chi connectivity index (χ1v) is 10.5. The highest BCUT2D eigenvalue weighted by atomic mass is 35.5. The highest BCUT2D eigenvalue weighted by Crippen LogP contribution is 2.37. The van der Waals surface area contributed by atoms with E-state index in [9.17, 15) is 31.4 Å². The Hall–Kier alpha value is -3.32. The fourth-order valence-electron chi connectivity index (χ4n) is 3.39. The number of nitrogens with zero attached hydrogens (tertiary/aromatic N) is 4. The van der Waals surface area contributed by atoms with Crippen molar-refractivity contribution in [3.8, 4) is 0 Å². The molecule has 1 saturated heterocycles. The minimum atomic E-state index is -4.69. The van der Waals surface area contributed by atoms with Gasteiger partial charge in [-0.25, -0.2) is 0 Å². The van der Waals surface area contributed by atoms with Crippen LogP contribution in [0.2, 0.25) is 5.02 Å². The van der Waals surface area contributed by atoms with Crippen molar-refractivity contribution in [2.75, 3.05) is 28.6 Å². The van der Waals surface area contributed by atoms with Crippen molar-refractivity contribution in [3.63, 3.8) is 0 Å². The molecule has 0 aliphatic carbocycles. The number of hydrogen-bond acceptors (Lipinski definition) is 7. The number of rotatable bonds is 5. The summed E-state index contributed by atoms with van der Waals surface area (Å²) in [5.74, 6) is -0.233. The van der Waals surface area contributed by atoms with Crippen LogP contribution in [0.4, 0.5) is 55.6 Å². The molecule has 1 atom stereocenters. The van der Waals surface area contributed by atoms with Gasteiger partial charge in [0.2, 0.25) is 17.8 Å². The number of halogens is 7. The van der Waals surface area contributed by atoms with Gasteiger partial charge in [0.15, 0.2) is 0 Å². The Morgan fingerprint density at radius 2 is 1.54 bits per heavy atom. The molecule has 3 N–H and O–H groups in total. The number of aromatic nitrogens is 3. The Balaban J connectivity index is 1.68. The summed E-state index contributed by atoms with van der Waals surface area (Å²) in [7, 11) is 0. The number of nitrogens with one attached hydrogen (secondary N) is 2. The Bertz CT molecular complexity index is 1220. The first-order chi connectivity index (χ1) is 16.4. The van der Waals surface area contributed by atoms with E-state index in [1.165, 1.54) is 18.2 Å². The minimum absolute atomic E-state index is 0.0228. The highest BCUT2D eigenvalue weighted by Gasteiger charge is 2.33. The molecule has 7 nitrogen and oxygen atoms in total. The number of hydrogen-bond donors (Lipinski definition) is 3. The van der Waals surface area contributed by atoms with Crippen LogP contribution in [0, 0.1) is 0 Å². The average molecular weight is 519 g/mol. The van der Waals surface area contributed by atoms with Crippen molar-refractivity contribution < 1.29 is 31.4 Å². The van der Waals surface area contributed by atoms with E-state index in [1.54, 1.807) is 4.90 Å². The van der Waals surface area contributed by atoms with E-state index < -0.39 is 34.6 Å². The molecule has 4 rings (SSSR count). The lowest BCUT2D eigenvalue weighted by atomic mass is 10.2. The van der Waals surface area contributed by atoms with Crippen LogP contribution in [0.3, 0.4) is 0 Å². The standard InChI is InChI=1S/C21H17ClF6N6O/c22-16-5-4-13(9-15(16)21(26,27)28)30-18-31-17(32-19(33-18)34-7-6-14(35)10-34)29-12-3-1-2-11(8-12)20(23,24)25/h1-5,8-9,14,35H,6-7,10H2,(H2,29,30,31,32,33). The molecule has 0 saturated carbocycles. The Morgan fingerprint density at radius 3 is 2.11 bits per heavy atom. The molecule has 186 valence electrons. The van der Waals surface area contributed by atoms with Gasteiger partial charge in [-0.15, -0.1) is 0 Å². The van der Waals surface area contributed by atoms with Crippen LogP contribution in [0.25, 0.3) is 0 Å². The molecule has 0 radical (unpaired) electrons. The van der Waals surface area contributed by atoms with Crippen LogP contribution < -0.4 is 15.5 Å². The minimum Gasteiger partial charge on any atom is -0.391 e. The van der Waals surface area contributed by atoms with E-state index in [-0.39, 0.29) is 35.8 Å². The van der Waals surface area contributed by atoms with E-state index in [2.05, 4.69) is 25.6 Å². The summed E-state index contributed by atoms with van der Waals surface area (Å²) >= 11 is 5.66. The molecule has 0 amide bonds. The van der Waals surface area contributed by atoms with Crippen LogP contribution in [0.15, 0.2) is 42.5 Å². The maximum atomic E-state index is 13.2. The normalized spacial score (nSPS) is 16.5. The van der Waals surface area contributed by atoms with Crippen LogP contribution in [0.1, 0.15) is 17.5 Å². The third-order valence-electron chi connectivity index (χ3n) is 5.04. The monoisotopic (exact) mass is 518 g/mol. The Morgan fingerprint density at radius 1 is 0.886 bits per heavy atom. The van der Waals surface area contributed by atoms with Gasteiger partial charge in [0.25, 0.3) is 0 Å². The van der Waals surface area contributed by atoms with Gasteiger partial charge in [-0.2, -0.15) is 41.3 Å². The summed E-state index contributed by atoms with van der Waals surface area (Å²) in [5.41, 5.74) is -1.94. The van der Waals surface area contributed by atoms with E-state index in [4.69, 9.17) is 11.6 Å². The molecule has 1 aliphatic heterocycles. The maximum absolute atomic E-state index is 13.2. The predicted octanol–water partition coefficient (Wildman–Crippen LogP) is 5.62. The largest absolute Gasteiger partial charge is 0.417 e. The lowest BCUT2D eigenvalue weighted by Crippen LogP contribution is -2.24. The molecule has 2 aromatic carbocycles. The van der Waals surface area contributed by atoms with Gasteiger partial charge in [-0.3, -0.25) is 0 Å². The van der Waals surface area contributed by atoms with Crippen molar-refractivity contribution in [1.29, 1.82) is 0 Å². The zero-order valence-corrected chi connectivity index (χ0v) is 18.4. The first kappa shape index (κ1) is 24.8. The number of alkyl halides is 6. The quantitative estimate of drug-likeness (QED) is 0.378. The van der Waals surface area contributed by atoms with Crippen molar-refractivity contribution >= 4 is 40.8 Å². The predicted molar refractivity (Wildman–Crippen MR) is 117 cm³/mol. The number of anilines is 5. The fraction of sp³-hybridized carbons (Fsp3) is 0.286. The van der Waals surface area contributed by atoms with Gasteiger partial charge in [-0.05, 0) is 42.8 Å². The summed E-state index contributed by atoms with van der Waals surface area (Å²) in [4.78, 5) is 14.1. The summed E-state index contributed by atoms with van der Waals surface area (Å²) in [5, 5.41) is 14.7. The van der Waals surface area contributed by atoms with Crippen molar-refractivity contribution in [1.82, 2.24) is 15.0 Å². The third-order valence-corrected chi connectivity index (χ3v) is 5.37. The molecular weight excluding hydrogens is 502 g/mol. The van der Waals surface area contributed by atoms with Crippen molar-refractivity contribution in [3.05, 3.63) is 58.6 Å². The third kappa shape index (κ3) is 6.03. The van der Waals surface area contributed by atoms with Crippen LogP contribution in [-0.4, -0.2) is 39.3 Å². The Labute approximate surface area is 199 Å². The van der Waals surface area contributed by atoms with Crippen LogP contribution >= 0.6 is 11.6 Å². The molecule has 1 aliphatic rings. The molecule has 1 unspecified atom stereocenters. The highest BCUT2D eigenvalue weighted by molar-refractivity contribution is 6.31. The fourth-order valence-corrected chi connectivity index (χ4v) is 3.62. The lowest BCUT2D eigenvalue weighted by molar-refractivity contribution is -0.138. The second-order valence-electron chi connectivity index (χ2n) is 7.69. The molecule has 0 spiro atoms. The molecule has 3 aromatic rings. The SMILES string of the molecule is OC1CCN(c2nc(Nc3cccc(C(F)(F)F)c3)nc(Nc3ccc(Cl)c(C(F)(F)F)c3)n2)C1. The molecule has 2 heterocycles. The second-order valence-corrected chi connectivity index (χ2v) is 8.10. The van der Waals surface area contributed by atoms with Gasteiger partial charge in [0.1, 0.15) is 0 Å². The Kier molecular flexibility index (Phi) is 6.64. The van der Waals surface area contributed by atoms with Crippen molar-refractivity contribution in [2.24, 2.45) is 0 Å². The van der Waals surface area contributed by atoms with Gasteiger partial charge in [-0.1, -0.05) is 17.7 Å². The number of aliphatic hydroxyl groups excluding tert-OH is 1. The van der Waals surface area contributed by atoms with E-state index in [0.717, 1.165) is 24.3 Å². The summed E-state index contributed by atoms with van der Waals surface area (Å²) in [6.45, 7) is 0.596. The van der Waals surface area contributed by atoms with E-state index in [0.29, 0.717) is 13.0 Å². The summed E-state index contributed by atoms with van der Waals surface area (Å²) in [6, 6.07) is 7.49. The molecular formula is C21H17ClF6N6O. The van der Waals surface area contributed by atoms with E-state index in [1.807, 2.05) is 0 Å². The van der Waals surface area contributed by atoms with Gasteiger partial charge < -0.3 is 20.6 Å². The summed E-state index contributed by atoms with van der Waals surface area (Å²) < 4.78 is 78.9. The maximum Gasteiger partial charge on any atom is 0.417 e. The number of benzene rings is 2. The average Bonchev–Trinajstić information content (AvgIpc) is 3.20. The lowest BCUT2D eigenvalue weighted by Gasteiger charge is -2.18. The molecule has 1 aromatic heterocycles. The molecule has 35 heavy (non-hydrogen) atoms. The molecule has 14 heteroatoms. The zero-order valence-electron chi connectivity index (χ0n) is 17.6. The van der Waals surface area contributed by atoms with E-state index >= 15 is 0 Å². The number of aliphatic hydroxyl groups is 1. The van der Waals surface area contributed by atoms with Gasteiger partial charge in [0.05, 0.1) is 22.3 Å². The van der Waals surface area contributed by atoms with Gasteiger partial charge in [0, 0.05) is 24.5 Å². The number of β-amino-alcohol motifs (C(OH)–C–C–N with tert-alkyl or cyclic N) is 1. The molecule has 1 fully saturated rings.